The molecule has 3 aromatic rings. The van der Waals surface area contributed by atoms with Gasteiger partial charge in [0, 0.05) is 41.6 Å². The van der Waals surface area contributed by atoms with E-state index in [1.807, 2.05) is 23.5 Å². The van der Waals surface area contributed by atoms with E-state index in [-0.39, 0.29) is 11.4 Å². The number of likely N-dealkylation sites (tertiary alicyclic amines) is 1. The lowest BCUT2D eigenvalue weighted by Crippen LogP contribution is -2.48. The third-order valence-corrected chi connectivity index (χ3v) is 8.24. The number of hydrogen-bond donors (Lipinski definition) is 0. The Bertz CT molecular complexity index is 932. The molecular formula is C25H30FNOS2. The van der Waals surface area contributed by atoms with E-state index in [1.165, 1.54) is 15.6 Å². The fourth-order valence-corrected chi connectivity index (χ4v) is 6.21. The second-order valence-electron chi connectivity index (χ2n) is 8.12. The molecule has 1 aromatic heterocycles. The first-order valence-electron chi connectivity index (χ1n) is 10.9. The summed E-state index contributed by atoms with van der Waals surface area (Å²) in [5.74, 6) is 0.754. The first-order valence-corrected chi connectivity index (χ1v) is 12.7. The molecule has 0 N–H and O–H groups in total. The molecule has 2 aromatic carbocycles. The molecule has 1 aliphatic rings. The Hall–Kier alpha value is -1.40. The van der Waals surface area contributed by atoms with E-state index >= 15 is 0 Å². The Morgan fingerprint density at radius 3 is 2.63 bits per heavy atom. The number of hydrogen-bond acceptors (Lipinski definition) is 4. The Morgan fingerprint density at radius 2 is 1.87 bits per heavy atom. The largest absolute Gasteiger partial charge is 0.374 e. The molecule has 4 rings (SSSR count). The number of rotatable bonds is 9. The van der Waals surface area contributed by atoms with E-state index in [2.05, 4.69) is 41.5 Å². The van der Waals surface area contributed by atoms with Crippen LogP contribution in [0.15, 0.2) is 58.8 Å². The lowest BCUT2D eigenvalue weighted by molar-refractivity contribution is -0.0669. The molecule has 0 radical (unpaired) electrons. The second kappa shape index (κ2) is 10.3. The molecule has 160 valence electrons. The molecular weight excluding hydrogens is 413 g/mol. The third-order valence-electron chi connectivity index (χ3n) is 5.95. The van der Waals surface area contributed by atoms with Crippen molar-refractivity contribution in [1.29, 1.82) is 0 Å². The lowest BCUT2D eigenvalue weighted by Gasteiger charge is -2.41. The lowest BCUT2D eigenvalue weighted by atomic mass is 9.92. The SMILES string of the molecule is CCCOC1(CSc2ccc(F)cc2)CCN(CCc2csc3ccccc23)CC1. The van der Waals surface area contributed by atoms with Crippen LogP contribution in [0.4, 0.5) is 4.39 Å². The van der Waals surface area contributed by atoms with Gasteiger partial charge in [0.2, 0.25) is 0 Å². The molecule has 0 aliphatic carbocycles. The summed E-state index contributed by atoms with van der Waals surface area (Å²) in [5.41, 5.74) is 1.40. The van der Waals surface area contributed by atoms with Gasteiger partial charge in [0.05, 0.1) is 5.60 Å². The van der Waals surface area contributed by atoms with Crippen molar-refractivity contribution in [2.45, 2.75) is 43.1 Å². The number of halogens is 1. The van der Waals surface area contributed by atoms with Gasteiger partial charge < -0.3 is 9.64 Å². The first-order chi connectivity index (χ1) is 14.7. The highest BCUT2D eigenvalue weighted by molar-refractivity contribution is 7.99. The molecule has 1 aliphatic heterocycles. The van der Waals surface area contributed by atoms with Gasteiger partial charge in [-0.15, -0.1) is 23.1 Å². The number of ether oxygens (including phenoxy) is 1. The number of fused-ring (bicyclic) bond motifs is 1. The van der Waals surface area contributed by atoms with Gasteiger partial charge in [-0.1, -0.05) is 25.1 Å². The summed E-state index contributed by atoms with van der Waals surface area (Å²) in [6.45, 7) is 6.24. The summed E-state index contributed by atoms with van der Waals surface area (Å²) in [4.78, 5) is 3.70. The van der Waals surface area contributed by atoms with Gasteiger partial charge in [-0.05, 0) is 72.3 Å². The summed E-state index contributed by atoms with van der Waals surface area (Å²) in [6, 6.07) is 15.5. The molecule has 1 saturated heterocycles. The Morgan fingerprint density at radius 1 is 1.10 bits per heavy atom. The van der Waals surface area contributed by atoms with E-state index in [0.717, 1.165) is 62.6 Å². The van der Waals surface area contributed by atoms with Gasteiger partial charge in [-0.2, -0.15) is 0 Å². The van der Waals surface area contributed by atoms with Crippen molar-refractivity contribution in [3.8, 4) is 0 Å². The normalized spacial score (nSPS) is 16.9. The standard InChI is InChI=1S/C25H30FNOS2/c1-2-17-28-25(19-30-22-9-7-21(26)8-10-22)12-15-27(16-13-25)14-11-20-18-29-24-6-4-3-5-23(20)24/h3-10,18H,2,11-17,19H2,1H3. The van der Waals surface area contributed by atoms with Crippen LogP contribution < -0.4 is 0 Å². The summed E-state index contributed by atoms with van der Waals surface area (Å²) < 4.78 is 21.0. The molecule has 5 heteroatoms. The van der Waals surface area contributed by atoms with Gasteiger partial charge in [0.1, 0.15) is 5.82 Å². The fourth-order valence-electron chi connectivity index (χ4n) is 4.08. The van der Waals surface area contributed by atoms with E-state index < -0.39 is 0 Å². The van der Waals surface area contributed by atoms with Crippen molar-refractivity contribution in [2.75, 3.05) is 32.0 Å². The van der Waals surface area contributed by atoms with Crippen LogP contribution in [0.1, 0.15) is 31.7 Å². The average Bonchev–Trinajstić information content (AvgIpc) is 3.20. The van der Waals surface area contributed by atoms with Crippen molar-refractivity contribution >= 4 is 33.2 Å². The summed E-state index contributed by atoms with van der Waals surface area (Å²) in [7, 11) is 0. The fraction of sp³-hybridized carbons (Fsp3) is 0.440. The van der Waals surface area contributed by atoms with E-state index in [9.17, 15) is 4.39 Å². The van der Waals surface area contributed by atoms with E-state index in [0.29, 0.717) is 0 Å². The first kappa shape index (κ1) is 21.8. The number of thiophene rings is 1. The highest BCUT2D eigenvalue weighted by Gasteiger charge is 2.35. The number of thioether (sulfide) groups is 1. The Labute approximate surface area is 187 Å². The zero-order valence-electron chi connectivity index (χ0n) is 17.6. The molecule has 0 spiro atoms. The van der Waals surface area contributed by atoms with Crippen molar-refractivity contribution < 1.29 is 9.13 Å². The van der Waals surface area contributed by atoms with Crippen LogP contribution in [0.3, 0.4) is 0 Å². The zero-order valence-corrected chi connectivity index (χ0v) is 19.2. The average molecular weight is 444 g/mol. The smallest absolute Gasteiger partial charge is 0.123 e. The van der Waals surface area contributed by atoms with Crippen molar-refractivity contribution in [3.05, 3.63) is 65.3 Å². The van der Waals surface area contributed by atoms with Gasteiger partial charge in [0.25, 0.3) is 0 Å². The van der Waals surface area contributed by atoms with Gasteiger partial charge >= 0.3 is 0 Å². The molecule has 0 saturated carbocycles. The summed E-state index contributed by atoms with van der Waals surface area (Å²) in [5, 5.41) is 3.73. The quantitative estimate of drug-likeness (QED) is 0.344. The van der Waals surface area contributed by atoms with Crippen LogP contribution in [0.2, 0.25) is 0 Å². The minimum atomic E-state index is -0.178. The molecule has 0 unspecified atom stereocenters. The predicted octanol–water partition coefficient (Wildman–Crippen LogP) is 6.64. The zero-order chi connectivity index (χ0) is 20.8. The summed E-state index contributed by atoms with van der Waals surface area (Å²) >= 11 is 3.64. The van der Waals surface area contributed by atoms with E-state index in [4.69, 9.17) is 4.74 Å². The van der Waals surface area contributed by atoms with Crippen LogP contribution in [0, 0.1) is 5.82 Å². The molecule has 0 bridgehead atoms. The second-order valence-corrected chi connectivity index (χ2v) is 10.1. The monoisotopic (exact) mass is 443 g/mol. The maximum absolute atomic E-state index is 13.2. The van der Waals surface area contributed by atoms with Crippen LogP contribution in [0.5, 0.6) is 0 Å². The molecule has 30 heavy (non-hydrogen) atoms. The highest BCUT2D eigenvalue weighted by Crippen LogP contribution is 2.34. The summed E-state index contributed by atoms with van der Waals surface area (Å²) in [6.07, 6.45) is 4.27. The predicted molar refractivity (Wildman–Crippen MR) is 127 cm³/mol. The molecule has 0 atom stereocenters. The number of piperidine rings is 1. The van der Waals surface area contributed by atoms with Gasteiger partial charge in [-0.25, -0.2) is 4.39 Å². The third kappa shape index (κ3) is 5.44. The van der Waals surface area contributed by atoms with Crippen LogP contribution in [-0.2, 0) is 11.2 Å². The maximum Gasteiger partial charge on any atom is 0.123 e. The number of nitrogens with zero attached hydrogens (tertiary/aromatic N) is 1. The molecule has 0 amide bonds. The topological polar surface area (TPSA) is 12.5 Å². The van der Waals surface area contributed by atoms with E-state index in [1.54, 1.807) is 23.9 Å². The van der Waals surface area contributed by atoms with Crippen molar-refractivity contribution in [2.24, 2.45) is 0 Å². The van der Waals surface area contributed by atoms with Gasteiger partial charge in [0.15, 0.2) is 0 Å². The highest BCUT2D eigenvalue weighted by atomic mass is 32.2. The number of benzene rings is 2. The Balaban J connectivity index is 1.32. The Kier molecular flexibility index (Phi) is 7.47. The minimum absolute atomic E-state index is 0.0688. The van der Waals surface area contributed by atoms with Crippen LogP contribution in [-0.4, -0.2) is 42.5 Å². The van der Waals surface area contributed by atoms with Gasteiger partial charge in [-0.3, -0.25) is 0 Å². The molecule has 2 heterocycles. The minimum Gasteiger partial charge on any atom is -0.374 e. The van der Waals surface area contributed by atoms with Crippen molar-refractivity contribution in [1.82, 2.24) is 4.90 Å². The van der Waals surface area contributed by atoms with Crippen LogP contribution >= 0.6 is 23.1 Å². The van der Waals surface area contributed by atoms with Crippen molar-refractivity contribution in [3.63, 3.8) is 0 Å². The van der Waals surface area contributed by atoms with Crippen LogP contribution in [0.25, 0.3) is 10.1 Å². The molecule has 2 nitrogen and oxygen atoms in total. The maximum atomic E-state index is 13.2. The molecule has 1 fully saturated rings.